The van der Waals surface area contributed by atoms with Gasteiger partial charge in [-0.25, -0.2) is 9.97 Å². The van der Waals surface area contributed by atoms with Gasteiger partial charge in [-0.15, -0.1) is 11.3 Å². The Hall–Kier alpha value is -1.98. The topological polar surface area (TPSA) is 41.1 Å². The molecule has 0 spiro atoms. The molecule has 0 amide bonds. The summed E-state index contributed by atoms with van der Waals surface area (Å²) in [4.78, 5) is 13.2. The summed E-state index contributed by atoms with van der Waals surface area (Å²) in [6.45, 7) is 2.20. The number of nitrogens with one attached hydrogen (secondary N) is 1. The molecule has 0 radical (unpaired) electrons. The van der Waals surface area contributed by atoms with E-state index in [-0.39, 0.29) is 0 Å². The minimum Gasteiger partial charge on any atom is -0.362 e. The van der Waals surface area contributed by atoms with E-state index in [9.17, 15) is 0 Å². The molecule has 0 bridgehead atoms. The number of benzene rings is 1. The number of nitrogens with zero attached hydrogens (tertiary/aromatic N) is 3. The van der Waals surface area contributed by atoms with Gasteiger partial charge in [0.2, 0.25) is 0 Å². The SMILES string of the molecule is CN(C)c1nc(CCCC2CCC(CNCc3cccs3)CC2)nc2ccccc12. The Labute approximate surface area is 184 Å². The highest BCUT2D eigenvalue weighted by atomic mass is 32.1. The number of aryl methyl sites for hydroxylation is 1. The molecule has 0 atom stereocenters. The molecule has 1 saturated carbocycles. The van der Waals surface area contributed by atoms with E-state index in [2.05, 4.69) is 66.1 Å². The third kappa shape index (κ3) is 5.58. The molecule has 2 aromatic heterocycles. The van der Waals surface area contributed by atoms with Crippen molar-refractivity contribution in [3.05, 3.63) is 52.5 Å². The second-order valence-corrected chi connectivity index (χ2v) is 9.90. The maximum atomic E-state index is 4.86. The van der Waals surface area contributed by atoms with Gasteiger partial charge in [0.1, 0.15) is 11.6 Å². The zero-order valence-corrected chi connectivity index (χ0v) is 19.1. The Morgan fingerprint density at radius 1 is 1.00 bits per heavy atom. The summed E-state index contributed by atoms with van der Waals surface area (Å²) in [5.74, 6) is 3.76. The number of rotatable bonds is 9. The number of hydrogen-bond donors (Lipinski definition) is 1. The van der Waals surface area contributed by atoms with E-state index in [1.54, 1.807) is 0 Å². The number of aromatic nitrogens is 2. The van der Waals surface area contributed by atoms with E-state index in [0.29, 0.717) is 0 Å². The highest BCUT2D eigenvalue weighted by Crippen LogP contribution is 2.32. The Kier molecular flexibility index (Phi) is 7.34. The standard InChI is InChI=1S/C25H34N4S/c1-29(2)25-22-9-3-4-10-23(22)27-24(28-25)11-5-7-19-12-14-20(15-13-19)17-26-18-21-8-6-16-30-21/h3-4,6,8-10,16,19-20,26H,5,7,11-15,17-18H2,1-2H3. The molecule has 5 heteroatoms. The first-order chi connectivity index (χ1) is 14.7. The average Bonchev–Trinajstić information content (AvgIpc) is 3.28. The monoisotopic (exact) mass is 422 g/mol. The number of thiophene rings is 1. The van der Waals surface area contributed by atoms with Gasteiger partial charge in [0.25, 0.3) is 0 Å². The third-order valence-corrected chi connectivity index (χ3v) is 7.22. The van der Waals surface area contributed by atoms with Crippen LogP contribution < -0.4 is 10.2 Å². The number of anilines is 1. The van der Waals surface area contributed by atoms with Crippen molar-refractivity contribution in [2.24, 2.45) is 11.8 Å². The van der Waals surface area contributed by atoms with Crippen molar-refractivity contribution in [1.29, 1.82) is 0 Å². The average molecular weight is 423 g/mol. The molecule has 0 aliphatic heterocycles. The van der Waals surface area contributed by atoms with Gasteiger partial charge in [0, 0.05) is 37.3 Å². The first-order valence-electron chi connectivity index (χ1n) is 11.3. The number of para-hydroxylation sites is 1. The Morgan fingerprint density at radius 3 is 2.57 bits per heavy atom. The summed E-state index contributed by atoms with van der Waals surface area (Å²) in [7, 11) is 4.12. The Bertz CT molecular complexity index is 914. The van der Waals surface area contributed by atoms with Crippen LogP contribution in [0.1, 0.15) is 49.2 Å². The van der Waals surface area contributed by atoms with Crippen LogP contribution in [0.2, 0.25) is 0 Å². The van der Waals surface area contributed by atoms with Crippen LogP contribution in [0.15, 0.2) is 41.8 Å². The third-order valence-electron chi connectivity index (χ3n) is 6.34. The van der Waals surface area contributed by atoms with Gasteiger partial charge in [-0.1, -0.05) is 37.5 Å². The molecule has 4 nitrogen and oxygen atoms in total. The highest BCUT2D eigenvalue weighted by molar-refractivity contribution is 7.09. The quantitative estimate of drug-likeness (QED) is 0.482. The number of hydrogen-bond acceptors (Lipinski definition) is 5. The van der Waals surface area contributed by atoms with Gasteiger partial charge < -0.3 is 10.2 Å². The van der Waals surface area contributed by atoms with E-state index < -0.39 is 0 Å². The van der Waals surface area contributed by atoms with Crippen LogP contribution in [0, 0.1) is 11.8 Å². The molecule has 2 heterocycles. The predicted octanol–water partition coefficient (Wildman–Crippen LogP) is 5.68. The van der Waals surface area contributed by atoms with Crippen molar-refractivity contribution in [2.45, 2.75) is 51.5 Å². The minimum atomic E-state index is 0.854. The van der Waals surface area contributed by atoms with Crippen molar-refractivity contribution in [1.82, 2.24) is 15.3 Å². The van der Waals surface area contributed by atoms with Crippen molar-refractivity contribution < 1.29 is 0 Å². The Balaban J connectivity index is 1.21. The van der Waals surface area contributed by atoms with Crippen molar-refractivity contribution >= 4 is 28.1 Å². The normalized spacial score (nSPS) is 19.3. The molecule has 1 fully saturated rings. The van der Waals surface area contributed by atoms with Crippen LogP contribution in [0.4, 0.5) is 5.82 Å². The fraction of sp³-hybridized carbons (Fsp3) is 0.520. The van der Waals surface area contributed by atoms with Crippen molar-refractivity contribution in [3.8, 4) is 0 Å². The fourth-order valence-corrected chi connectivity index (χ4v) is 5.32. The Morgan fingerprint density at radius 2 is 1.80 bits per heavy atom. The van der Waals surface area contributed by atoms with Gasteiger partial charge in [0.15, 0.2) is 0 Å². The molecule has 0 unspecified atom stereocenters. The predicted molar refractivity (Wildman–Crippen MR) is 128 cm³/mol. The molecule has 1 aliphatic rings. The maximum absolute atomic E-state index is 4.86. The molecule has 1 N–H and O–H groups in total. The van der Waals surface area contributed by atoms with Gasteiger partial charge in [-0.3, -0.25) is 0 Å². The van der Waals surface area contributed by atoms with E-state index >= 15 is 0 Å². The smallest absolute Gasteiger partial charge is 0.139 e. The lowest BCUT2D eigenvalue weighted by molar-refractivity contribution is 0.254. The summed E-state index contributed by atoms with van der Waals surface area (Å²) in [5.41, 5.74) is 1.06. The highest BCUT2D eigenvalue weighted by Gasteiger charge is 2.21. The summed E-state index contributed by atoms with van der Waals surface area (Å²) in [5, 5.41) is 6.95. The number of fused-ring (bicyclic) bond motifs is 1. The maximum Gasteiger partial charge on any atom is 0.139 e. The molecule has 1 aliphatic carbocycles. The van der Waals surface area contributed by atoms with E-state index in [4.69, 9.17) is 9.97 Å². The van der Waals surface area contributed by atoms with Crippen molar-refractivity contribution in [2.75, 3.05) is 25.5 Å². The van der Waals surface area contributed by atoms with E-state index in [1.807, 2.05) is 11.3 Å². The molecule has 160 valence electrons. The van der Waals surface area contributed by atoms with Crippen LogP contribution in [0.25, 0.3) is 10.9 Å². The van der Waals surface area contributed by atoms with E-state index in [1.165, 1.54) is 49.9 Å². The van der Waals surface area contributed by atoms with Crippen LogP contribution in [0.5, 0.6) is 0 Å². The second kappa shape index (κ2) is 10.4. The van der Waals surface area contributed by atoms with Crippen LogP contribution in [-0.2, 0) is 13.0 Å². The lowest BCUT2D eigenvalue weighted by atomic mass is 9.80. The van der Waals surface area contributed by atoms with Gasteiger partial charge in [-0.05, 0) is 61.2 Å². The summed E-state index contributed by atoms with van der Waals surface area (Å²) >= 11 is 1.84. The zero-order valence-electron chi connectivity index (χ0n) is 18.3. The molecule has 3 aromatic rings. The molecule has 0 saturated heterocycles. The second-order valence-electron chi connectivity index (χ2n) is 8.86. The lowest BCUT2D eigenvalue weighted by Gasteiger charge is -2.28. The van der Waals surface area contributed by atoms with Crippen molar-refractivity contribution in [3.63, 3.8) is 0 Å². The molecular formula is C25H34N4S. The molecule has 1 aromatic carbocycles. The summed E-state index contributed by atoms with van der Waals surface area (Å²) in [6.07, 6.45) is 8.99. The summed E-state index contributed by atoms with van der Waals surface area (Å²) < 4.78 is 0. The fourth-order valence-electron chi connectivity index (χ4n) is 4.65. The largest absolute Gasteiger partial charge is 0.362 e. The molecular weight excluding hydrogens is 388 g/mol. The van der Waals surface area contributed by atoms with Gasteiger partial charge in [-0.2, -0.15) is 0 Å². The van der Waals surface area contributed by atoms with E-state index in [0.717, 1.165) is 47.3 Å². The van der Waals surface area contributed by atoms with Gasteiger partial charge in [0.05, 0.1) is 5.52 Å². The lowest BCUT2D eigenvalue weighted by Crippen LogP contribution is -2.26. The molecule has 4 rings (SSSR count). The zero-order chi connectivity index (χ0) is 20.8. The van der Waals surface area contributed by atoms with Crippen LogP contribution in [-0.4, -0.2) is 30.6 Å². The van der Waals surface area contributed by atoms with Gasteiger partial charge >= 0.3 is 0 Å². The molecule has 30 heavy (non-hydrogen) atoms. The van der Waals surface area contributed by atoms with Crippen LogP contribution >= 0.6 is 11.3 Å². The minimum absolute atomic E-state index is 0.854. The first kappa shape index (κ1) is 21.3. The summed E-state index contributed by atoms with van der Waals surface area (Å²) in [6, 6.07) is 12.7. The first-order valence-corrected chi connectivity index (χ1v) is 12.2. The van der Waals surface area contributed by atoms with Crippen LogP contribution in [0.3, 0.4) is 0 Å².